The Kier molecular flexibility index (Phi) is 10.7. The lowest BCUT2D eigenvalue weighted by molar-refractivity contribution is 0.573. The van der Waals surface area contributed by atoms with Crippen LogP contribution in [0.2, 0.25) is 6.04 Å². The molecular formula is C36H37BN2Si. The van der Waals surface area contributed by atoms with E-state index in [1.165, 1.54) is 17.2 Å². The summed E-state index contributed by atoms with van der Waals surface area (Å²) in [7, 11) is 5.14. The molecule has 1 heterocycles. The van der Waals surface area contributed by atoms with Gasteiger partial charge in [-0.05, 0) is 40.2 Å². The quantitative estimate of drug-likeness (QED) is 0.132. The van der Waals surface area contributed by atoms with Gasteiger partial charge in [-0.3, -0.25) is 0 Å². The summed E-state index contributed by atoms with van der Waals surface area (Å²) in [6, 6.07) is 43.4. The molecule has 5 aromatic rings. The Labute approximate surface area is 243 Å². The molecule has 198 valence electrons. The minimum atomic E-state index is -0.540. The van der Waals surface area contributed by atoms with Gasteiger partial charge in [0.15, 0.2) is 0 Å². The smallest absolute Gasteiger partial charge is 0.103 e. The summed E-state index contributed by atoms with van der Waals surface area (Å²) < 4.78 is 2.32. The van der Waals surface area contributed by atoms with E-state index in [9.17, 15) is 0 Å². The summed E-state index contributed by atoms with van der Waals surface area (Å²) in [5.41, 5.74) is 6.07. The van der Waals surface area contributed by atoms with Crippen LogP contribution in [-0.2, 0) is 5.16 Å². The lowest BCUT2D eigenvalue weighted by Crippen LogP contribution is -2.42. The fourth-order valence-electron chi connectivity index (χ4n) is 5.25. The molecule has 0 aliphatic carbocycles. The van der Waals surface area contributed by atoms with Gasteiger partial charge in [-0.15, -0.1) is 12.6 Å². The molecule has 5 rings (SSSR count). The zero-order chi connectivity index (χ0) is 28.0. The first-order chi connectivity index (χ1) is 19.7. The van der Waals surface area contributed by atoms with Crippen LogP contribution >= 0.6 is 0 Å². The first-order valence-electron chi connectivity index (χ1n) is 13.9. The van der Waals surface area contributed by atoms with Crippen molar-refractivity contribution in [3.63, 3.8) is 0 Å². The van der Waals surface area contributed by atoms with Crippen molar-refractivity contribution in [1.29, 1.82) is 0 Å². The maximum Gasteiger partial charge on any atom is 0.103 e. The normalized spacial score (nSPS) is 11.8. The van der Waals surface area contributed by atoms with Gasteiger partial charge in [-0.1, -0.05) is 140 Å². The van der Waals surface area contributed by atoms with Crippen LogP contribution in [0.3, 0.4) is 0 Å². The zero-order valence-electron chi connectivity index (χ0n) is 23.3. The molecule has 0 aliphatic rings. The molecular weight excluding hydrogens is 499 g/mol. The first-order valence-corrected chi connectivity index (χ1v) is 15.6. The molecule has 4 heteroatoms. The van der Waals surface area contributed by atoms with E-state index in [-0.39, 0.29) is 5.16 Å². The first kappa shape index (κ1) is 28.8. The summed E-state index contributed by atoms with van der Waals surface area (Å²) in [4.78, 5) is 4.37. The van der Waals surface area contributed by atoms with Crippen molar-refractivity contribution in [1.82, 2.24) is 9.55 Å². The monoisotopic (exact) mass is 536 g/mol. The Morgan fingerprint density at radius 3 is 1.70 bits per heavy atom. The predicted molar refractivity (Wildman–Crippen MR) is 174 cm³/mol. The van der Waals surface area contributed by atoms with Gasteiger partial charge < -0.3 is 4.57 Å². The van der Waals surface area contributed by atoms with Crippen LogP contribution in [0.1, 0.15) is 35.6 Å². The maximum atomic E-state index is 5.67. The molecule has 1 aromatic heterocycles. The molecule has 2 nitrogen and oxygen atoms in total. The highest BCUT2D eigenvalue weighted by Gasteiger charge is 2.36. The molecule has 0 fully saturated rings. The number of benzene rings is 4. The highest BCUT2D eigenvalue weighted by Crippen LogP contribution is 2.35. The van der Waals surface area contributed by atoms with E-state index in [4.69, 9.17) is 7.85 Å². The van der Waals surface area contributed by atoms with E-state index in [0.29, 0.717) is 5.92 Å². The van der Waals surface area contributed by atoms with Gasteiger partial charge in [0.25, 0.3) is 0 Å². The van der Waals surface area contributed by atoms with Crippen LogP contribution < -0.4 is 0 Å². The molecule has 0 aliphatic heterocycles. The molecule has 1 atom stereocenters. The Morgan fingerprint density at radius 2 is 1.30 bits per heavy atom. The van der Waals surface area contributed by atoms with Crippen LogP contribution in [0.4, 0.5) is 0 Å². The van der Waals surface area contributed by atoms with Crippen LogP contribution in [0, 0.1) is 5.92 Å². The molecule has 40 heavy (non-hydrogen) atoms. The average Bonchev–Trinajstić information content (AvgIpc) is 3.56. The topological polar surface area (TPSA) is 17.8 Å². The fourth-order valence-corrected chi connectivity index (χ4v) is 7.89. The van der Waals surface area contributed by atoms with Gasteiger partial charge in [0.1, 0.15) is 7.85 Å². The van der Waals surface area contributed by atoms with Crippen LogP contribution in [0.25, 0.3) is 5.57 Å². The second kappa shape index (κ2) is 14.9. The zero-order valence-corrected chi connectivity index (χ0v) is 24.7. The highest BCUT2D eigenvalue weighted by molar-refractivity contribution is 6.41. The van der Waals surface area contributed by atoms with Crippen molar-refractivity contribution in [2.24, 2.45) is 5.92 Å². The van der Waals surface area contributed by atoms with Crippen LogP contribution in [0.15, 0.2) is 159 Å². The lowest BCUT2D eigenvalue weighted by Gasteiger charge is -2.37. The summed E-state index contributed by atoms with van der Waals surface area (Å²) in [5, 5.41) is -0.103. The second-order valence-electron chi connectivity index (χ2n) is 10.0. The van der Waals surface area contributed by atoms with E-state index in [0.717, 1.165) is 23.1 Å². The third kappa shape index (κ3) is 7.08. The number of rotatable bonds is 10. The third-order valence-corrected chi connectivity index (χ3v) is 10.5. The molecule has 1 unspecified atom stereocenters. The number of hydrogen-bond donors (Lipinski definition) is 0. The van der Waals surface area contributed by atoms with E-state index in [1.54, 1.807) is 5.98 Å². The molecule has 0 bridgehead atoms. The molecule has 0 saturated heterocycles. The van der Waals surface area contributed by atoms with Crippen molar-refractivity contribution >= 4 is 22.9 Å². The molecule has 0 saturated carbocycles. The van der Waals surface area contributed by atoms with Crippen LogP contribution in [-0.4, -0.2) is 26.9 Å². The molecule has 2 radical (unpaired) electrons. The summed E-state index contributed by atoms with van der Waals surface area (Å²) in [6.07, 6.45) is 9.11. The number of imidazole rings is 1. The summed E-state index contributed by atoms with van der Waals surface area (Å²) >= 11 is 0. The third-order valence-electron chi connectivity index (χ3n) is 7.35. The van der Waals surface area contributed by atoms with Gasteiger partial charge in [0.2, 0.25) is 0 Å². The minimum absolute atomic E-state index is 0.103. The van der Waals surface area contributed by atoms with Crippen molar-refractivity contribution < 1.29 is 0 Å². The highest BCUT2D eigenvalue weighted by atomic mass is 28.2. The largest absolute Gasteiger partial charge is 0.327 e. The minimum Gasteiger partial charge on any atom is -0.327 e. The van der Waals surface area contributed by atoms with Gasteiger partial charge in [0, 0.05) is 12.4 Å². The Balaban J connectivity index is 0.000000210. The number of hydrogen-bond acceptors (Lipinski definition) is 1. The Bertz CT molecular complexity index is 1350. The SMILES string of the molecule is C=CCC(C)C[SiH2]C(c1ccccc1)(c1ccccc1)n1ccnc1.[B]C=C(c1ccccc1)c1ccccc1. The van der Waals surface area contributed by atoms with Crippen molar-refractivity contribution in [2.45, 2.75) is 24.6 Å². The van der Waals surface area contributed by atoms with E-state index in [1.807, 2.05) is 55.0 Å². The Hall–Kier alpha value is -4.15. The Morgan fingerprint density at radius 1 is 0.825 bits per heavy atom. The molecule has 0 N–H and O–H groups in total. The summed E-state index contributed by atoms with van der Waals surface area (Å²) in [5.74, 6) is 2.32. The number of nitrogens with zero attached hydrogens (tertiary/aromatic N) is 2. The lowest BCUT2D eigenvalue weighted by atomic mass is 9.92. The van der Waals surface area contributed by atoms with E-state index >= 15 is 0 Å². The maximum absolute atomic E-state index is 5.67. The molecule has 0 amide bonds. The van der Waals surface area contributed by atoms with Crippen molar-refractivity contribution in [3.8, 4) is 0 Å². The van der Waals surface area contributed by atoms with Gasteiger partial charge in [0.05, 0.1) is 21.0 Å². The van der Waals surface area contributed by atoms with E-state index in [2.05, 4.69) is 114 Å². The number of allylic oxidation sites excluding steroid dienone is 1. The second-order valence-corrected chi connectivity index (χ2v) is 12.1. The van der Waals surface area contributed by atoms with Crippen molar-refractivity contribution in [3.05, 3.63) is 181 Å². The standard InChI is InChI=1S/C22H26N2Si.C14H11B/c1-3-10-19(2)17-25-22(24-16-15-23-18-24,20-11-6-4-7-12-20)21-13-8-5-9-14-21;15-11-14(12-7-3-1-4-8-12)13-9-5-2-6-10-13/h3-9,11-16,18-19H,1,10,17,25H2,2H3;1-11H. The predicted octanol–water partition coefficient (Wildman–Crippen LogP) is 7.68. The van der Waals surface area contributed by atoms with Gasteiger partial charge in [-0.25, -0.2) is 4.98 Å². The molecule has 4 aromatic carbocycles. The van der Waals surface area contributed by atoms with Crippen LogP contribution in [0.5, 0.6) is 0 Å². The van der Waals surface area contributed by atoms with Crippen molar-refractivity contribution in [2.75, 3.05) is 0 Å². The van der Waals surface area contributed by atoms with Gasteiger partial charge >= 0.3 is 0 Å². The number of aromatic nitrogens is 2. The average molecular weight is 537 g/mol. The summed E-state index contributed by atoms with van der Waals surface area (Å²) in [6.45, 7) is 6.25. The van der Waals surface area contributed by atoms with E-state index < -0.39 is 9.52 Å². The molecule has 0 spiro atoms. The fraction of sp³-hybridized carbons (Fsp3) is 0.139. The van der Waals surface area contributed by atoms with Gasteiger partial charge in [-0.2, -0.15) is 0 Å².